The van der Waals surface area contributed by atoms with E-state index in [2.05, 4.69) is 9.98 Å². The molecule has 2 heterocycles. The van der Waals surface area contributed by atoms with E-state index in [1.807, 2.05) is 36.4 Å². The monoisotopic (exact) mass is 224 g/mol. The van der Waals surface area contributed by atoms with Crippen LogP contribution >= 0.6 is 0 Å². The number of hydrogen-bond acceptors (Lipinski definition) is 4. The van der Waals surface area contributed by atoms with Crippen molar-refractivity contribution in [3.63, 3.8) is 0 Å². The molecule has 17 heavy (non-hydrogen) atoms. The first-order chi connectivity index (χ1) is 8.42. The summed E-state index contributed by atoms with van der Waals surface area (Å²) < 4.78 is 11.2. The molecule has 0 fully saturated rings. The van der Waals surface area contributed by atoms with E-state index in [0.717, 1.165) is 33.7 Å². The van der Waals surface area contributed by atoms with Crippen LogP contribution in [0.2, 0.25) is 0 Å². The van der Waals surface area contributed by atoms with Gasteiger partial charge in [-0.25, -0.2) is 9.98 Å². The van der Waals surface area contributed by atoms with Gasteiger partial charge in [-0.15, -0.1) is 0 Å². The highest BCUT2D eigenvalue weighted by molar-refractivity contribution is 5.56. The van der Waals surface area contributed by atoms with E-state index in [1.54, 1.807) is 0 Å². The molecule has 2 aliphatic heterocycles. The molecule has 0 aromatic heterocycles. The third kappa shape index (κ3) is 1.18. The van der Waals surface area contributed by atoms with Crippen LogP contribution < -0.4 is 20.2 Å². The van der Waals surface area contributed by atoms with Crippen molar-refractivity contribution in [3.05, 3.63) is 47.1 Å². The van der Waals surface area contributed by atoms with Crippen molar-refractivity contribution in [2.24, 2.45) is 9.98 Å². The highest BCUT2D eigenvalue weighted by Gasteiger charge is 2.16. The van der Waals surface area contributed by atoms with Gasteiger partial charge in [0.15, 0.2) is 18.2 Å². The van der Waals surface area contributed by atoms with Gasteiger partial charge >= 0.3 is 0 Å². The van der Waals surface area contributed by atoms with Gasteiger partial charge in [-0.05, 0) is 24.3 Å². The maximum Gasteiger partial charge on any atom is 0.180 e. The summed E-state index contributed by atoms with van der Waals surface area (Å²) in [5.41, 5.74) is 0.829. The van der Waals surface area contributed by atoms with Crippen molar-refractivity contribution in [1.29, 1.82) is 0 Å². The summed E-state index contributed by atoms with van der Waals surface area (Å²) in [6.07, 6.45) is 0. The SMILES string of the molecule is c1ccc2c(c1)N=c1c(ccc3c1=NCO3)O2. The van der Waals surface area contributed by atoms with Crippen LogP contribution in [0.3, 0.4) is 0 Å². The predicted molar refractivity (Wildman–Crippen MR) is 60.4 cm³/mol. The molecule has 0 saturated carbocycles. The van der Waals surface area contributed by atoms with Gasteiger partial charge in [0, 0.05) is 0 Å². The van der Waals surface area contributed by atoms with Crippen LogP contribution in [0.5, 0.6) is 17.2 Å². The van der Waals surface area contributed by atoms with Crippen molar-refractivity contribution in [2.75, 3.05) is 6.73 Å². The molecule has 0 atom stereocenters. The van der Waals surface area contributed by atoms with E-state index in [9.17, 15) is 0 Å². The summed E-state index contributed by atoms with van der Waals surface area (Å²) in [6.45, 7) is 0.364. The average molecular weight is 224 g/mol. The second kappa shape index (κ2) is 3.07. The van der Waals surface area contributed by atoms with Crippen molar-refractivity contribution in [2.45, 2.75) is 0 Å². The molecule has 2 aromatic carbocycles. The molecule has 0 N–H and O–H groups in total. The molecule has 4 rings (SSSR count). The van der Waals surface area contributed by atoms with Crippen molar-refractivity contribution < 1.29 is 9.47 Å². The Balaban J connectivity index is 2.12. The van der Waals surface area contributed by atoms with E-state index in [1.165, 1.54) is 0 Å². The summed E-state index contributed by atoms with van der Waals surface area (Å²) in [6, 6.07) is 11.4. The Hall–Kier alpha value is -2.36. The number of para-hydroxylation sites is 2. The summed E-state index contributed by atoms with van der Waals surface area (Å²) in [5, 5.41) is 1.55. The molecule has 0 aliphatic carbocycles. The van der Waals surface area contributed by atoms with Gasteiger partial charge in [-0.3, -0.25) is 0 Å². The van der Waals surface area contributed by atoms with Crippen molar-refractivity contribution in [1.82, 2.24) is 0 Å². The average Bonchev–Trinajstić information content (AvgIpc) is 2.85. The minimum absolute atomic E-state index is 0.364. The van der Waals surface area contributed by atoms with Gasteiger partial charge in [0.2, 0.25) is 0 Å². The number of hydrogen-bond donors (Lipinski definition) is 0. The van der Waals surface area contributed by atoms with Gasteiger partial charge in [0.05, 0.1) is 0 Å². The normalized spacial score (nSPS) is 14.4. The summed E-state index contributed by atoms with van der Waals surface area (Å²) in [5.74, 6) is 2.28. The first-order valence-electron chi connectivity index (χ1n) is 5.38. The molecule has 4 nitrogen and oxygen atoms in total. The minimum atomic E-state index is 0.364. The molecule has 0 amide bonds. The van der Waals surface area contributed by atoms with Gasteiger partial charge in [0.25, 0.3) is 0 Å². The Labute approximate surface area is 96.9 Å². The highest BCUT2D eigenvalue weighted by Crippen LogP contribution is 2.33. The molecule has 4 heteroatoms. The van der Waals surface area contributed by atoms with E-state index in [4.69, 9.17) is 9.47 Å². The number of ether oxygens (including phenoxy) is 2. The molecule has 0 spiro atoms. The first kappa shape index (κ1) is 8.75. The van der Waals surface area contributed by atoms with Gasteiger partial charge < -0.3 is 9.47 Å². The van der Waals surface area contributed by atoms with E-state index in [0.29, 0.717) is 6.73 Å². The summed E-state index contributed by atoms with van der Waals surface area (Å²) >= 11 is 0. The van der Waals surface area contributed by atoms with Crippen LogP contribution in [0, 0.1) is 0 Å². The number of rotatable bonds is 0. The molecule has 2 aromatic rings. The second-order valence-electron chi connectivity index (χ2n) is 3.87. The zero-order chi connectivity index (χ0) is 11.2. The van der Waals surface area contributed by atoms with Gasteiger partial charge in [-0.2, -0.15) is 0 Å². The number of fused-ring (bicyclic) bond motifs is 4. The summed E-state index contributed by atoms with van der Waals surface area (Å²) in [4.78, 5) is 8.87. The Bertz CT molecular complexity index is 738. The third-order valence-electron chi connectivity index (χ3n) is 2.84. The largest absolute Gasteiger partial charge is 0.469 e. The molecule has 0 saturated heterocycles. The van der Waals surface area contributed by atoms with Crippen LogP contribution in [0.25, 0.3) is 0 Å². The van der Waals surface area contributed by atoms with Crippen LogP contribution in [-0.4, -0.2) is 6.73 Å². The van der Waals surface area contributed by atoms with E-state index >= 15 is 0 Å². The zero-order valence-corrected chi connectivity index (χ0v) is 8.88. The van der Waals surface area contributed by atoms with Crippen LogP contribution in [0.15, 0.2) is 46.4 Å². The molecule has 0 unspecified atom stereocenters. The molecule has 0 radical (unpaired) electrons. The molecule has 82 valence electrons. The fourth-order valence-electron chi connectivity index (χ4n) is 2.04. The van der Waals surface area contributed by atoms with E-state index < -0.39 is 0 Å². The maximum absolute atomic E-state index is 5.79. The molecule has 0 bridgehead atoms. The maximum atomic E-state index is 5.79. The number of benzene rings is 2. The Kier molecular flexibility index (Phi) is 1.58. The lowest BCUT2D eigenvalue weighted by Crippen LogP contribution is -2.27. The van der Waals surface area contributed by atoms with Crippen LogP contribution in [0.4, 0.5) is 5.69 Å². The Morgan fingerprint density at radius 2 is 1.76 bits per heavy atom. The quantitative estimate of drug-likeness (QED) is 0.583. The minimum Gasteiger partial charge on any atom is -0.469 e. The zero-order valence-electron chi connectivity index (χ0n) is 8.88. The van der Waals surface area contributed by atoms with Crippen LogP contribution in [0.1, 0.15) is 0 Å². The smallest absolute Gasteiger partial charge is 0.180 e. The fraction of sp³-hybridized carbons (Fsp3) is 0.0769. The third-order valence-corrected chi connectivity index (χ3v) is 2.84. The summed E-state index contributed by atoms with van der Waals surface area (Å²) in [7, 11) is 0. The van der Waals surface area contributed by atoms with Gasteiger partial charge in [0.1, 0.15) is 22.2 Å². The van der Waals surface area contributed by atoms with Crippen molar-refractivity contribution >= 4 is 5.69 Å². The van der Waals surface area contributed by atoms with Gasteiger partial charge in [-0.1, -0.05) is 12.1 Å². The highest BCUT2D eigenvalue weighted by atomic mass is 16.5. The lowest BCUT2D eigenvalue weighted by molar-refractivity contribution is 0.352. The lowest BCUT2D eigenvalue weighted by atomic mass is 10.2. The Morgan fingerprint density at radius 1 is 0.882 bits per heavy atom. The molecular formula is C13H8N2O2. The standard InChI is InChI=1S/C13H8N2O2/c1-2-4-9-8(3-1)15-13-11(17-9)6-5-10-12(13)14-7-16-10/h1-6H,7H2. The topological polar surface area (TPSA) is 43.2 Å². The second-order valence-corrected chi connectivity index (χ2v) is 3.87. The lowest BCUT2D eigenvalue weighted by Gasteiger charge is -2.13. The Morgan fingerprint density at radius 3 is 2.76 bits per heavy atom. The van der Waals surface area contributed by atoms with Crippen molar-refractivity contribution in [3.8, 4) is 17.2 Å². The first-order valence-corrected chi connectivity index (χ1v) is 5.38. The number of nitrogens with zero attached hydrogens (tertiary/aromatic N) is 2. The molecular weight excluding hydrogens is 216 g/mol. The predicted octanol–water partition coefficient (Wildman–Crippen LogP) is 1.71. The van der Waals surface area contributed by atoms with E-state index in [-0.39, 0.29) is 0 Å². The molecule has 2 aliphatic rings. The van der Waals surface area contributed by atoms with Crippen LogP contribution in [-0.2, 0) is 0 Å². The fourth-order valence-corrected chi connectivity index (χ4v) is 2.04.